The van der Waals surface area contributed by atoms with E-state index in [0.717, 1.165) is 0 Å². The van der Waals surface area contributed by atoms with Crippen molar-refractivity contribution in [3.05, 3.63) is 24.5 Å². The molecule has 0 fully saturated rings. The molecule has 2 N–H and O–H groups in total. The van der Waals surface area contributed by atoms with Gasteiger partial charge in [-0.25, -0.2) is 8.42 Å². The Morgan fingerprint density at radius 1 is 1.59 bits per heavy atom. The van der Waals surface area contributed by atoms with E-state index in [9.17, 15) is 8.42 Å². The summed E-state index contributed by atoms with van der Waals surface area (Å²) in [4.78, 5) is 4.30. The molecule has 0 atom stereocenters. The van der Waals surface area contributed by atoms with Crippen LogP contribution in [0.2, 0.25) is 0 Å². The van der Waals surface area contributed by atoms with E-state index in [1.807, 2.05) is 0 Å². The van der Waals surface area contributed by atoms with Crippen LogP contribution in [0.15, 0.2) is 29.4 Å². The molecule has 0 bridgehead atoms. The van der Waals surface area contributed by atoms with E-state index >= 15 is 0 Å². The Hall–Kier alpha value is -1.05. The highest BCUT2D eigenvalue weighted by molar-refractivity contribution is 7.89. The lowest BCUT2D eigenvalue weighted by molar-refractivity contribution is 0.437. The molecule has 1 rings (SSSR count). The van der Waals surface area contributed by atoms with Crippen LogP contribution >= 0.6 is 12.2 Å². The molecule has 7 heteroatoms. The number of nitrogens with zero attached hydrogens (tertiary/aromatic N) is 2. The van der Waals surface area contributed by atoms with Gasteiger partial charge >= 0.3 is 0 Å². The molecule has 17 heavy (non-hydrogen) atoms. The first kappa shape index (κ1) is 14.0. The topological polar surface area (TPSA) is 76.3 Å². The molecular weight excluding hydrogens is 258 g/mol. The second-order valence-corrected chi connectivity index (χ2v) is 5.86. The minimum atomic E-state index is -3.49. The Balaban J connectivity index is 2.91. The summed E-state index contributed by atoms with van der Waals surface area (Å²) in [5.74, 6) is 0. The Morgan fingerprint density at radius 3 is 2.76 bits per heavy atom. The van der Waals surface area contributed by atoms with Crippen molar-refractivity contribution >= 4 is 27.2 Å². The van der Waals surface area contributed by atoms with Crippen molar-refractivity contribution in [3.63, 3.8) is 0 Å². The standard InChI is InChI=1S/C10H15N3O2S2/c1-2-13(7-5-10(11)16)17(14,15)9-4-3-6-12-8-9/h3-4,6,8H,2,5,7H2,1H3,(H2,11,16). The van der Waals surface area contributed by atoms with Gasteiger partial charge in [0.1, 0.15) is 4.90 Å². The van der Waals surface area contributed by atoms with E-state index in [1.165, 1.54) is 22.8 Å². The molecular formula is C10H15N3O2S2. The van der Waals surface area contributed by atoms with Crippen LogP contribution < -0.4 is 5.73 Å². The number of thiocarbonyl (C=S) groups is 1. The summed E-state index contributed by atoms with van der Waals surface area (Å²) < 4.78 is 25.7. The number of rotatable bonds is 6. The summed E-state index contributed by atoms with van der Waals surface area (Å²) >= 11 is 4.75. The smallest absolute Gasteiger partial charge is 0.244 e. The van der Waals surface area contributed by atoms with Crippen molar-refractivity contribution in [2.75, 3.05) is 13.1 Å². The fourth-order valence-corrected chi connectivity index (χ4v) is 2.84. The lowest BCUT2D eigenvalue weighted by Crippen LogP contribution is -2.33. The van der Waals surface area contributed by atoms with Crippen LogP contribution in [0.25, 0.3) is 0 Å². The molecule has 0 aliphatic carbocycles. The molecule has 1 heterocycles. The van der Waals surface area contributed by atoms with Crippen LogP contribution in [-0.4, -0.2) is 35.8 Å². The Kier molecular flexibility index (Phi) is 4.98. The van der Waals surface area contributed by atoms with Crippen LogP contribution in [0.5, 0.6) is 0 Å². The number of sulfonamides is 1. The van der Waals surface area contributed by atoms with Crippen LogP contribution in [0.4, 0.5) is 0 Å². The van der Waals surface area contributed by atoms with E-state index in [0.29, 0.717) is 24.5 Å². The van der Waals surface area contributed by atoms with Gasteiger partial charge in [0.2, 0.25) is 10.0 Å². The minimum absolute atomic E-state index is 0.185. The van der Waals surface area contributed by atoms with Gasteiger partial charge in [-0.1, -0.05) is 19.1 Å². The van der Waals surface area contributed by atoms with Crippen molar-refractivity contribution in [2.24, 2.45) is 5.73 Å². The van der Waals surface area contributed by atoms with Gasteiger partial charge in [-0.2, -0.15) is 4.31 Å². The third-order valence-corrected chi connectivity index (χ3v) is 4.39. The van der Waals surface area contributed by atoms with E-state index < -0.39 is 10.0 Å². The molecule has 0 aliphatic rings. The highest BCUT2D eigenvalue weighted by atomic mass is 32.2. The van der Waals surface area contributed by atoms with Crippen LogP contribution in [0.3, 0.4) is 0 Å². The number of aromatic nitrogens is 1. The van der Waals surface area contributed by atoms with Crippen molar-refractivity contribution in [1.82, 2.24) is 9.29 Å². The zero-order valence-corrected chi connectivity index (χ0v) is 11.2. The van der Waals surface area contributed by atoms with Gasteiger partial charge < -0.3 is 5.73 Å². The van der Waals surface area contributed by atoms with Gasteiger partial charge in [-0.3, -0.25) is 4.98 Å². The quantitative estimate of drug-likeness (QED) is 0.775. The fraction of sp³-hybridized carbons (Fsp3) is 0.400. The molecule has 0 amide bonds. The highest BCUT2D eigenvalue weighted by Gasteiger charge is 2.22. The predicted octanol–water partition coefficient (Wildman–Crippen LogP) is 0.768. The lowest BCUT2D eigenvalue weighted by Gasteiger charge is -2.19. The lowest BCUT2D eigenvalue weighted by atomic mass is 10.4. The number of pyridine rings is 1. The molecule has 1 aromatic rings. The predicted molar refractivity (Wildman–Crippen MR) is 70.1 cm³/mol. The van der Waals surface area contributed by atoms with Crippen molar-refractivity contribution in [2.45, 2.75) is 18.2 Å². The molecule has 0 unspecified atom stereocenters. The summed E-state index contributed by atoms with van der Waals surface area (Å²) in [5, 5.41) is 0. The molecule has 5 nitrogen and oxygen atoms in total. The first-order chi connectivity index (χ1) is 7.98. The average molecular weight is 273 g/mol. The second kappa shape index (κ2) is 6.04. The minimum Gasteiger partial charge on any atom is -0.393 e. The molecule has 0 aromatic carbocycles. The Bertz CT molecular complexity index is 474. The monoisotopic (exact) mass is 273 g/mol. The first-order valence-corrected chi connectivity index (χ1v) is 7.01. The highest BCUT2D eigenvalue weighted by Crippen LogP contribution is 2.14. The van der Waals surface area contributed by atoms with Gasteiger partial charge in [-0.05, 0) is 12.1 Å². The van der Waals surface area contributed by atoms with Gasteiger partial charge in [0.15, 0.2) is 0 Å². The van der Waals surface area contributed by atoms with E-state index in [4.69, 9.17) is 18.0 Å². The average Bonchev–Trinajstić information content (AvgIpc) is 2.30. The van der Waals surface area contributed by atoms with Gasteiger partial charge in [0.05, 0.1) is 4.99 Å². The van der Waals surface area contributed by atoms with Gasteiger partial charge in [0, 0.05) is 31.9 Å². The third kappa shape index (κ3) is 3.72. The van der Waals surface area contributed by atoms with E-state index in [2.05, 4.69) is 4.98 Å². The second-order valence-electron chi connectivity index (χ2n) is 3.40. The summed E-state index contributed by atoms with van der Waals surface area (Å²) in [6.07, 6.45) is 3.24. The summed E-state index contributed by atoms with van der Waals surface area (Å²) in [5.41, 5.74) is 5.38. The number of hydrogen-bond donors (Lipinski definition) is 1. The first-order valence-electron chi connectivity index (χ1n) is 5.17. The normalized spacial score (nSPS) is 11.6. The number of nitrogens with two attached hydrogens (primary N) is 1. The van der Waals surface area contributed by atoms with Crippen LogP contribution in [0, 0.1) is 0 Å². The van der Waals surface area contributed by atoms with E-state index in [1.54, 1.807) is 13.0 Å². The molecule has 1 aromatic heterocycles. The summed E-state index contributed by atoms with van der Waals surface area (Å²) in [7, 11) is -3.49. The maximum absolute atomic E-state index is 12.2. The number of hydrogen-bond acceptors (Lipinski definition) is 4. The fourth-order valence-electron chi connectivity index (χ4n) is 1.33. The van der Waals surface area contributed by atoms with Crippen LogP contribution in [-0.2, 0) is 10.0 Å². The van der Waals surface area contributed by atoms with Crippen molar-refractivity contribution < 1.29 is 8.42 Å². The molecule has 0 spiro atoms. The Morgan fingerprint density at radius 2 is 2.29 bits per heavy atom. The molecule has 94 valence electrons. The molecule has 0 aliphatic heterocycles. The zero-order valence-electron chi connectivity index (χ0n) is 9.54. The largest absolute Gasteiger partial charge is 0.393 e. The summed E-state index contributed by atoms with van der Waals surface area (Å²) in [6.45, 7) is 2.44. The van der Waals surface area contributed by atoms with Gasteiger partial charge in [-0.15, -0.1) is 0 Å². The third-order valence-electron chi connectivity index (χ3n) is 2.23. The Labute approximate surface area is 107 Å². The molecule has 0 saturated carbocycles. The zero-order chi connectivity index (χ0) is 12.9. The maximum Gasteiger partial charge on any atom is 0.244 e. The van der Waals surface area contributed by atoms with Crippen LogP contribution in [0.1, 0.15) is 13.3 Å². The maximum atomic E-state index is 12.2. The summed E-state index contributed by atoms with van der Waals surface area (Å²) in [6, 6.07) is 3.11. The van der Waals surface area contributed by atoms with Crippen molar-refractivity contribution in [3.8, 4) is 0 Å². The van der Waals surface area contributed by atoms with E-state index in [-0.39, 0.29) is 4.90 Å². The molecule has 0 radical (unpaired) electrons. The SMILES string of the molecule is CCN(CCC(N)=S)S(=O)(=O)c1cccnc1. The van der Waals surface area contributed by atoms with Crippen molar-refractivity contribution in [1.29, 1.82) is 0 Å². The molecule has 0 saturated heterocycles. The van der Waals surface area contributed by atoms with Gasteiger partial charge in [0.25, 0.3) is 0 Å².